The molecule has 0 bridgehead atoms. The molecule has 0 aliphatic heterocycles. The molecule has 15 heavy (non-hydrogen) atoms. The van der Waals surface area contributed by atoms with Crippen molar-refractivity contribution in [2.75, 3.05) is 11.1 Å². The molecule has 1 aromatic rings. The fraction of sp³-hybridized carbons (Fsp3) is 0.545. The Kier molecular flexibility index (Phi) is 3.14. The average molecular weight is 270 g/mol. The number of nitrogens with two attached hydrogens (primary N) is 1. The van der Waals surface area contributed by atoms with Gasteiger partial charge in [0, 0.05) is 16.7 Å². The van der Waals surface area contributed by atoms with Crippen LogP contribution in [-0.4, -0.2) is 11.0 Å². The van der Waals surface area contributed by atoms with Crippen molar-refractivity contribution in [3.8, 4) is 0 Å². The van der Waals surface area contributed by atoms with Crippen molar-refractivity contribution in [3.63, 3.8) is 0 Å². The molecule has 0 saturated heterocycles. The van der Waals surface area contributed by atoms with E-state index in [-0.39, 0.29) is 0 Å². The highest BCUT2D eigenvalue weighted by atomic mass is 79.9. The molecule has 1 fully saturated rings. The van der Waals surface area contributed by atoms with E-state index in [0.29, 0.717) is 11.7 Å². The van der Waals surface area contributed by atoms with Crippen LogP contribution in [0, 0.1) is 5.92 Å². The molecule has 1 saturated carbocycles. The summed E-state index contributed by atoms with van der Waals surface area (Å²) in [5.74, 6) is 1.64. The van der Waals surface area contributed by atoms with Crippen molar-refractivity contribution in [3.05, 3.63) is 16.7 Å². The number of halogens is 1. The summed E-state index contributed by atoms with van der Waals surface area (Å²) in [4.78, 5) is 4.28. The highest BCUT2D eigenvalue weighted by Crippen LogP contribution is 2.29. The highest BCUT2D eigenvalue weighted by molar-refractivity contribution is 9.10. The zero-order chi connectivity index (χ0) is 10.8. The van der Waals surface area contributed by atoms with Gasteiger partial charge in [-0.15, -0.1) is 0 Å². The van der Waals surface area contributed by atoms with E-state index in [2.05, 4.69) is 33.2 Å². The molecule has 0 aromatic carbocycles. The number of anilines is 2. The van der Waals surface area contributed by atoms with E-state index in [1.807, 2.05) is 6.07 Å². The Morgan fingerprint density at radius 1 is 1.53 bits per heavy atom. The first-order chi connectivity index (χ1) is 7.15. The van der Waals surface area contributed by atoms with Crippen molar-refractivity contribution in [1.82, 2.24) is 4.98 Å². The van der Waals surface area contributed by atoms with Gasteiger partial charge in [0.15, 0.2) is 0 Å². The molecule has 3 N–H and O–H groups in total. The molecule has 4 heteroatoms. The van der Waals surface area contributed by atoms with Gasteiger partial charge in [-0.05, 0) is 47.2 Å². The van der Waals surface area contributed by atoms with Crippen LogP contribution in [0.2, 0.25) is 0 Å². The second kappa shape index (κ2) is 4.39. The van der Waals surface area contributed by atoms with E-state index in [1.165, 1.54) is 19.3 Å². The predicted octanol–water partition coefficient (Wildman–Crippen LogP) is 3.03. The second-order valence-electron chi connectivity index (χ2n) is 4.35. The van der Waals surface area contributed by atoms with Crippen LogP contribution in [-0.2, 0) is 0 Å². The van der Waals surface area contributed by atoms with E-state index < -0.39 is 0 Å². The lowest BCUT2D eigenvalue weighted by molar-refractivity contribution is 0.602. The Morgan fingerprint density at radius 3 is 2.93 bits per heavy atom. The fourth-order valence-corrected chi connectivity index (χ4v) is 2.46. The first-order valence-electron chi connectivity index (χ1n) is 5.32. The van der Waals surface area contributed by atoms with Gasteiger partial charge in [0.2, 0.25) is 0 Å². The monoisotopic (exact) mass is 269 g/mol. The number of pyridine rings is 1. The van der Waals surface area contributed by atoms with Crippen LogP contribution in [0.25, 0.3) is 0 Å². The van der Waals surface area contributed by atoms with Crippen molar-refractivity contribution in [2.24, 2.45) is 5.92 Å². The molecular weight excluding hydrogens is 254 g/mol. The molecule has 2 rings (SSSR count). The third kappa shape index (κ3) is 2.62. The number of aromatic nitrogens is 1. The largest absolute Gasteiger partial charge is 0.396 e. The van der Waals surface area contributed by atoms with Crippen LogP contribution < -0.4 is 11.1 Å². The number of hydrogen-bond acceptors (Lipinski definition) is 3. The van der Waals surface area contributed by atoms with E-state index in [0.717, 1.165) is 16.2 Å². The van der Waals surface area contributed by atoms with Gasteiger partial charge in [-0.3, -0.25) is 0 Å². The predicted molar refractivity (Wildman–Crippen MR) is 66.8 cm³/mol. The van der Waals surface area contributed by atoms with Crippen molar-refractivity contribution >= 4 is 27.4 Å². The van der Waals surface area contributed by atoms with Gasteiger partial charge in [0.1, 0.15) is 5.82 Å². The number of nitrogen functional groups attached to an aromatic ring is 1. The average Bonchev–Trinajstić information content (AvgIpc) is 2.56. The Labute approximate surface area is 98.6 Å². The first-order valence-corrected chi connectivity index (χ1v) is 6.12. The summed E-state index contributed by atoms with van der Waals surface area (Å²) < 4.78 is 0.922. The Balaban J connectivity index is 2.04. The van der Waals surface area contributed by atoms with Crippen molar-refractivity contribution in [1.29, 1.82) is 0 Å². The summed E-state index contributed by atoms with van der Waals surface area (Å²) in [6.45, 7) is 2.29. The van der Waals surface area contributed by atoms with Crippen molar-refractivity contribution in [2.45, 2.75) is 32.2 Å². The molecule has 0 radical (unpaired) electrons. The molecule has 1 heterocycles. The summed E-state index contributed by atoms with van der Waals surface area (Å²) in [5, 5.41) is 3.41. The van der Waals surface area contributed by atoms with Gasteiger partial charge < -0.3 is 11.1 Å². The van der Waals surface area contributed by atoms with Gasteiger partial charge in [-0.1, -0.05) is 6.92 Å². The number of nitrogens with zero attached hydrogens (tertiary/aromatic N) is 1. The molecule has 2 unspecified atom stereocenters. The SMILES string of the molecule is CC1CCC(Nc2ncc(Br)cc2N)C1. The quantitative estimate of drug-likeness (QED) is 0.868. The molecule has 1 aliphatic rings. The Bertz CT molecular complexity index is 354. The molecule has 1 aliphatic carbocycles. The maximum Gasteiger partial charge on any atom is 0.149 e. The van der Waals surface area contributed by atoms with Crippen LogP contribution in [0.3, 0.4) is 0 Å². The summed E-state index contributed by atoms with van der Waals surface area (Å²) in [5.41, 5.74) is 6.59. The van der Waals surface area contributed by atoms with Gasteiger partial charge in [0.05, 0.1) is 5.69 Å². The normalized spacial score (nSPS) is 25.5. The lowest BCUT2D eigenvalue weighted by atomic mass is 10.1. The highest BCUT2D eigenvalue weighted by Gasteiger charge is 2.21. The van der Waals surface area contributed by atoms with Gasteiger partial charge in [-0.25, -0.2) is 4.98 Å². The first kappa shape index (κ1) is 10.7. The zero-order valence-corrected chi connectivity index (χ0v) is 10.4. The maximum absolute atomic E-state index is 5.88. The number of rotatable bonds is 2. The fourth-order valence-electron chi connectivity index (χ4n) is 2.11. The molecule has 3 nitrogen and oxygen atoms in total. The lowest BCUT2D eigenvalue weighted by Gasteiger charge is -2.14. The van der Waals surface area contributed by atoms with Gasteiger partial charge >= 0.3 is 0 Å². The minimum absolute atomic E-state index is 0.538. The third-order valence-electron chi connectivity index (χ3n) is 2.92. The van der Waals surface area contributed by atoms with E-state index in [4.69, 9.17) is 5.73 Å². The standard InChI is InChI=1S/C11H16BrN3/c1-7-2-3-9(4-7)15-11-10(13)5-8(12)6-14-11/h5-7,9H,2-4,13H2,1H3,(H,14,15). The molecular formula is C11H16BrN3. The Hall–Kier alpha value is -0.770. The second-order valence-corrected chi connectivity index (χ2v) is 5.27. The third-order valence-corrected chi connectivity index (χ3v) is 3.35. The molecule has 82 valence electrons. The van der Waals surface area contributed by atoms with Crippen LogP contribution >= 0.6 is 15.9 Å². The number of hydrogen-bond donors (Lipinski definition) is 2. The smallest absolute Gasteiger partial charge is 0.149 e. The van der Waals surface area contributed by atoms with E-state index in [9.17, 15) is 0 Å². The zero-order valence-electron chi connectivity index (χ0n) is 8.83. The van der Waals surface area contributed by atoms with Crippen LogP contribution in [0.5, 0.6) is 0 Å². The summed E-state index contributed by atoms with van der Waals surface area (Å²) in [7, 11) is 0. The van der Waals surface area contributed by atoms with Gasteiger partial charge in [0.25, 0.3) is 0 Å². The minimum atomic E-state index is 0.538. The Morgan fingerprint density at radius 2 is 2.33 bits per heavy atom. The molecule has 0 spiro atoms. The van der Waals surface area contributed by atoms with Gasteiger partial charge in [-0.2, -0.15) is 0 Å². The maximum atomic E-state index is 5.88. The summed E-state index contributed by atoms with van der Waals surface area (Å²) in [6, 6.07) is 2.42. The molecule has 1 aromatic heterocycles. The number of nitrogens with one attached hydrogen (secondary N) is 1. The van der Waals surface area contributed by atoms with Crippen molar-refractivity contribution < 1.29 is 0 Å². The topological polar surface area (TPSA) is 50.9 Å². The van der Waals surface area contributed by atoms with E-state index in [1.54, 1.807) is 6.20 Å². The van der Waals surface area contributed by atoms with Crippen LogP contribution in [0.15, 0.2) is 16.7 Å². The summed E-state index contributed by atoms with van der Waals surface area (Å²) >= 11 is 3.35. The van der Waals surface area contributed by atoms with Crippen LogP contribution in [0.4, 0.5) is 11.5 Å². The molecule has 0 amide bonds. The lowest BCUT2D eigenvalue weighted by Crippen LogP contribution is -2.17. The summed E-state index contributed by atoms with van der Waals surface area (Å²) in [6.07, 6.45) is 5.51. The molecule has 2 atom stereocenters. The minimum Gasteiger partial charge on any atom is -0.396 e. The van der Waals surface area contributed by atoms with Crippen LogP contribution in [0.1, 0.15) is 26.2 Å². The van der Waals surface area contributed by atoms with E-state index >= 15 is 0 Å².